The Morgan fingerprint density at radius 3 is 2.42 bits per heavy atom. The molecule has 4 aliphatic carbocycles. The lowest BCUT2D eigenvalue weighted by Crippen LogP contribution is -2.62. The van der Waals surface area contributed by atoms with Crippen molar-refractivity contribution >= 4 is 17.5 Å². The van der Waals surface area contributed by atoms with E-state index in [0.717, 1.165) is 25.7 Å². The number of ether oxygens (including phenoxy) is 1. The smallest absolute Gasteiger partial charge is 0.305 e. The summed E-state index contributed by atoms with van der Waals surface area (Å²) in [5.41, 5.74) is -1.23. The van der Waals surface area contributed by atoms with Gasteiger partial charge in [0.1, 0.15) is 12.2 Å². The fraction of sp³-hybridized carbons (Fsp3) is 0.808. The molecule has 0 spiro atoms. The Kier molecular flexibility index (Phi) is 7.57. The summed E-state index contributed by atoms with van der Waals surface area (Å²) in [6, 6.07) is 0. The van der Waals surface area contributed by atoms with Crippen LogP contribution in [0, 0.1) is 28.6 Å². The molecule has 0 unspecified atom stereocenters. The van der Waals surface area contributed by atoms with E-state index in [-0.39, 0.29) is 34.9 Å². The molecular weight excluding hydrogens is 424 g/mol. The van der Waals surface area contributed by atoms with Crippen molar-refractivity contribution in [2.75, 3.05) is 13.2 Å². The summed E-state index contributed by atoms with van der Waals surface area (Å²) >= 11 is 0. The lowest BCUT2D eigenvalue weighted by molar-refractivity contribution is -0.182. The highest BCUT2D eigenvalue weighted by atomic mass is 16.5. The Balaban J connectivity index is 0.000000383. The lowest BCUT2D eigenvalue weighted by atomic mass is 9.45. The van der Waals surface area contributed by atoms with Gasteiger partial charge in [0.15, 0.2) is 11.6 Å². The van der Waals surface area contributed by atoms with Crippen LogP contribution in [0.15, 0.2) is 11.6 Å². The summed E-state index contributed by atoms with van der Waals surface area (Å²) in [6.45, 7) is 7.53. The third kappa shape index (κ3) is 4.21. The zero-order valence-corrected chi connectivity index (χ0v) is 20.4. The van der Waals surface area contributed by atoms with E-state index < -0.39 is 29.5 Å². The first-order chi connectivity index (χ1) is 15.5. The van der Waals surface area contributed by atoms with Crippen LogP contribution in [-0.2, 0) is 19.1 Å². The van der Waals surface area contributed by atoms with Crippen molar-refractivity contribution in [3.63, 3.8) is 0 Å². The average molecular weight is 465 g/mol. The SMILES string of the molecule is CCOC(=O)CC.C[C@]12CCC(=O)C=C1CC[C@@H]1[C@@H]2[C@@H](O)C[C@@]2(C)[C@H]1CC[C@]2(O)C(=O)CO. The number of carbonyl (C=O) groups excluding carboxylic acids is 3. The van der Waals surface area contributed by atoms with Crippen LogP contribution in [-0.4, -0.2) is 57.8 Å². The quantitative estimate of drug-likeness (QED) is 0.547. The largest absolute Gasteiger partial charge is 0.466 e. The third-order valence-corrected chi connectivity index (χ3v) is 9.25. The normalized spacial score (nSPS) is 41.5. The van der Waals surface area contributed by atoms with E-state index in [2.05, 4.69) is 11.7 Å². The molecule has 4 rings (SSSR count). The molecule has 3 saturated carbocycles. The van der Waals surface area contributed by atoms with Gasteiger partial charge in [-0.05, 0) is 74.7 Å². The maximum atomic E-state index is 12.4. The second-order valence-corrected chi connectivity index (χ2v) is 10.7. The van der Waals surface area contributed by atoms with E-state index in [0.29, 0.717) is 32.3 Å². The molecule has 0 bridgehead atoms. The molecule has 0 aromatic carbocycles. The van der Waals surface area contributed by atoms with Crippen LogP contribution in [0.2, 0.25) is 0 Å². The van der Waals surface area contributed by atoms with E-state index in [1.807, 2.05) is 6.92 Å². The second kappa shape index (κ2) is 9.59. The standard InChI is InChI=1S/C21H30O5.C5H10O2/c1-19-7-5-13(23)9-12(19)3-4-14-15-6-8-21(26,17(25)11-22)20(15,2)10-16(24)18(14)19;1-3-5(6)7-4-2/h9,14-16,18,22,24,26H,3-8,10-11H2,1-2H3;3-4H2,1-2H3/t14-,15-,16-,18+,19-,20-,21-;/m0./s1. The Bertz CT molecular complexity index is 819. The van der Waals surface area contributed by atoms with Gasteiger partial charge in [0.05, 0.1) is 12.7 Å². The molecule has 0 radical (unpaired) electrons. The summed E-state index contributed by atoms with van der Waals surface area (Å²) in [5, 5.41) is 31.7. The van der Waals surface area contributed by atoms with Crippen molar-refractivity contribution in [1.82, 2.24) is 0 Å². The molecule has 7 nitrogen and oxygen atoms in total. The first kappa shape index (κ1) is 26.0. The number of carbonyl (C=O) groups is 3. The van der Waals surface area contributed by atoms with Gasteiger partial charge in [0, 0.05) is 18.3 Å². The molecule has 186 valence electrons. The maximum absolute atomic E-state index is 12.4. The Morgan fingerprint density at radius 1 is 1.15 bits per heavy atom. The first-order valence-electron chi connectivity index (χ1n) is 12.4. The summed E-state index contributed by atoms with van der Waals surface area (Å²) in [7, 11) is 0. The van der Waals surface area contributed by atoms with Gasteiger partial charge in [0.2, 0.25) is 0 Å². The molecular formula is C26H40O7. The minimum Gasteiger partial charge on any atom is -0.466 e. The summed E-state index contributed by atoms with van der Waals surface area (Å²) in [6.07, 6.45) is 6.22. The highest BCUT2D eigenvalue weighted by Gasteiger charge is 2.68. The zero-order chi connectivity index (χ0) is 24.6. The zero-order valence-electron chi connectivity index (χ0n) is 20.4. The predicted molar refractivity (Wildman–Crippen MR) is 122 cm³/mol. The molecule has 33 heavy (non-hydrogen) atoms. The van der Waals surface area contributed by atoms with Gasteiger partial charge in [-0.2, -0.15) is 0 Å². The van der Waals surface area contributed by atoms with Gasteiger partial charge < -0.3 is 20.1 Å². The highest BCUT2D eigenvalue weighted by molar-refractivity contribution is 5.91. The number of ketones is 2. The molecule has 7 heteroatoms. The molecule has 0 saturated heterocycles. The number of hydrogen-bond acceptors (Lipinski definition) is 7. The highest BCUT2D eigenvalue weighted by Crippen LogP contribution is 2.67. The van der Waals surface area contributed by atoms with Gasteiger partial charge in [-0.25, -0.2) is 0 Å². The number of rotatable bonds is 4. The monoisotopic (exact) mass is 464 g/mol. The molecule has 0 aliphatic heterocycles. The predicted octanol–water partition coefficient (Wildman–Crippen LogP) is 2.74. The van der Waals surface area contributed by atoms with Crippen LogP contribution >= 0.6 is 0 Å². The summed E-state index contributed by atoms with van der Waals surface area (Å²) in [4.78, 5) is 34.4. The summed E-state index contributed by atoms with van der Waals surface area (Å²) in [5.74, 6) is 0.0173. The molecule has 0 aromatic heterocycles. The van der Waals surface area contributed by atoms with Gasteiger partial charge in [-0.1, -0.05) is 26.3 Å². The topological polar surface area (TPSA) is 121 Å². The number of hydrogen-bond donors (Lipinski definition) is 3. The fourth-order valence-electron chi connectivity index (χ4n) is 7.54. The van der Waals surface area contributed by atoms with E-state index in [1.54, 1.807) is 19.9 Å². The van der Waals surface area contributed by atoms with E-state index in [1.165, 1.54) is 5.57 Å². The number of aliphatic hydroxyl groups excluding tert-OH is 2. The number of fused-ring (bicyclic) bond motifs is 5. The van der Waals surface area contributed by atoms with Crippen molar-refractivity contribution in [3.05, 3.63) is 11.6 Å². The molecule has 0 aromatic rings. The Hall–Kier alpha value is -1.57. The van der Waals surface area contributed by atoms with Gasteiger partial charge in [-0.3, -0.25) is 14.4 Å². The molecule has 0 heterocycles. The van der Waals surface area contributed by atoms with Crippen LogP contribution in [0.3, 0.4) is 0 Å². The third-order valence-electron chi connectivity index (χ3n) is 9.25. The van der Waals surface area contributed by atoms with Gasteiger partial charge in [-0.15, -0.1) is 0 Å². The number of Topliss-reactive ketones (excluding diaryl/α,β-unsaturated/α-hetero) is 1. The van der Waals surface area contributed by atoms with E-state index >= 15 is 0 Å². The van der Waals surface area contributed by atoms with Crippen LogP contribution in [0.25, 0.3) is 0 Å². The molecule has 3 N–H and O–H groups in total. The second-order valence-electron chi connectivity index (χ2n) is 10.7. The van der Waals surface area contributed by atoms with Crippen molar-refractivity contribution < 1.29 is 34.4 Å². The molecule has 0 amide bonds. The van der Waals surface area contributed by atoms with Gasteiger partial charge in [0.25, 0.3) is 0 Å². The van der Waals surface area contributed by atoms with E-state index in [9.17, 15) is 29.7 Å². The van der Waals surface area contributed by atoms with Crippen molar-refractivity contribution in [2.24, 2.45) is 28.6 Å². The minimum atomic E-state index is -1.54. The van der Waals surface area contributed by atoms with Crippen LogP contribution in [0.4, 0.5) is 0 Å². The number of allylic oxidation sites excluding steroid dienone is 1. The summed E-state index contributed by atoms with van der Waals surface area (Å²) < 4.78 is 4.55. The molecule has 3 fully saturated rings. The van der Waals surface area contributed by atoms with Crippen LogP contribution in [0.5, 0.6) is 0 Å². The number of aliphatic hydroxyl groups is 3. The van der Waals surface area contributed by atoms with Crippen LogP contribution in [0.1, 0.15) is 79.1 Å². The maximum Gasteiger partial charge on any atom is 0.305 e. The molecule has 7 atom stereocenters. The first-order valence-corrected chi connectivity index (χ1v) is 12.4. The van der Waals surface area contributed by atoms with E-state index in [4.69, 9.17) is 0 Å². The fourth-order valence-corrected chi connectivity index (χ4v) is 7.54. The van der Waals surface area contributed by atoms with Crippen LogP contribution < -0.4 is 0 Å². The number of esters is 1. The van der Waals surface area contributed by atoms with Crippen molar-refractivity contribution in [2.45, 2.75) is 90.8 Å². The van der Waals surface area contributed by atoms with Crippen molar-refractivity contribution in [3.8, 4) is 0 Å². The Labute approximate surface area is 196 Å². The molecule has 4 aliphatic rings. The van der Waals surface area contributed by atoms with Crippen molar-refractivity contribution in [1.29, 1.82) is 0 Å². The average Bonchev–Trinajstić information content (AvgIpc) is 3.05. The lowest BCUT2D eigenvalue weighted by Gasteiger charge is -2.60. The van der Waals surface area contributed by atoms with Gasteiger partial charge >= 0.3 is 5.97 Å². The minimum absolute atomic E-state index is 0.0697. The Morgan fingerprint density at radius 2 is 1.85 bits per heavy atom.